The molecule has 0 spiro atoms. The third kappa shape index (κ3) is 3.64. The molecule has 1 amide bonds. The van der Waals surface area contributed by atoms with Crippen LogP contribution in [0, 0.1) is 11.8 Å². The molecule has 2 atom stereocenters. The van der Waals surface area contributed by atoms with Crippen LogP contribution in [0.25, 0.3) is 0 Å². The number of carbonyl (C=O) groups excluding carboxylic acids is 1. The highest BCUT2D eigenvalue weighted by Crippen LogP contribution is 2.06. The maximum absolute atomic E-state index is 11.4. The zero-order valence-electron chi connectivity index (χ0n) is 8.92. The maximum atomic E-state index is 11.4. The zero-order valence-corrected chi connectivity index (χ0v) is 8.92. The van der Waals surface area contributed by atoms with E-state index in [-0.39, 0.29) is 17.9 Å². The summed E-state index contributed by atoms with van der Waals surface area (Å²) in [6.07, 6.45) is 0.454. The number of hydrogen-bond acceptors (Lipinski definition) is 3. The van der Waals surface area contributed by atoms with Gasteiger partial charge in [-0.3, -0.25) is 4.79 Å². The summed E-state index contributed by atoms with van der Waals surface area (Å²) in [5, 5.41) is 15.1. The minimum absolute atomic E-state index is 0.140. The van der Waals surface area contributed by atoms with E-state index in [1.807, 2.05) is 6.92 Å². The number of aliphatic hydroxyl groups is 1. The number of aliphatic hydroxyl groups excluding tert-OH is 1. The molecule has 0 radical (unpaired) electrons. The number of carbonyl (C=O) groups is 1. The summed E-state index contributed by atoms with van der Waals surface area (Å²) >= 11 is 0. The Hall–Kier alpha value is -0.610. The molecule has 0 aromatic heterocycles. The summed E-state index contributed by atoms with van der Waals surface area (Å²) in [5.74, 6) is 0.641. The second-order valence-corrected chi connectivity index (χ2v) is 4.29. The largest absolute Gasteiger partial charge is 0.393 e. The lowest BCUT2D eigenvalue weighted by Crippen LogP contribution is -2.51. The lowest BCUT2D eigenvalue weighted by Gasteiger charge is -2.26. The summed E-state index contributed by atoms with van der Waals surface area (Å²) in [4.78, 5) is 11.4. The molecule has 0 saturated carbocycles. The summed E-state index contributed by atoms with van der Waals surface area (Å²) in [6, 6.07) is 0. The van der Waals surface area contributed by atoms with Crippen LogP contribution in [0.2, 0.25) is 0 Å². The van der Waals surface area contributed by atoms with Gasteiger partial charge >= 0.3 is 0 Å². The van der Waals surface area contributed by atoms with E-state index in [9.17, 15) is 4.79 Å². The monoisotopic (exact) mass is 200 g/mol. The molecule has 4 heteroatoms. The lowest BCUT2D eigenvalue weighted by atomic mass is 10.0. The number of rotatable bonds is 5. The first kappa shape index (κ1) is 11.5. The van der Waals surface area contributed by atoms with E-state index in [1.54, 1.807) is 6.92 Å². The second kappa shape index (κ2) is 5.32. The second-order valence-electron chi connectivity index (χ2n) is 4.29. The van der Waals surface area contributed by atoms with Crippen molar-refractivity contribution in [3.05, 3.63) is 0 Å². The van der Waals surface area contributed by atoms with E-state index in [0.29, 0.717) is 12.5 Å². The molecule has 1 heterocycles. The molecule has 0 aliphatic carbocycles. The Morgan fingerprint density at radius 2 is 2.21 bits per heavy atom. The van der Waals surface area contributed by atoms with Crippen LogP contribution >= 0.6 is 0 Å². The fraction of sp³-hybridized carbons (Fsp3) is 0.900. The van der Waals surface area contributed by atoms with Gasteiger partial charge in [0.05, 0.1) is 12.0 Å². The van der Waals surface area contributed by atoms with Crippen molar-refractivity contribution in [1.29, 1.82) is 0 Å². The topological polar surface area (TPSA) is 61.4 Å². The van der Waals surface area contributed by atoms with Crippen molar-refractivity contribution in [1.82, 2.24) is 10.6 Å². The Kier molecular flexibility index (Phi) is 4.35. The van der Waals surface area contributed by atoms with E-state index >= 15 is 0 Å². The van der Waals surface area contributed by atoms with Crippen LogP contribution < -0.4 is 10.6 Å². The Morgan fingerprint density at radius 1 is 1.57 bits per heavy atom. The van der Waals surface area contributed by atoms with Gasteiger partial charge in [0, 0.05) is 19.6 Å². The molecule has 1 rings (SSSR count). The van der Waals surface area contributed by atoms with E-state index in [0.717, 1.165) is 19.5 Å². The van der Waals surface area contributed by atoms with Crippen molar-refractivity contribution in [3.63, 3.8) is 0 Å². The van der Waals surface area contributed by atoms with Gasteiger partial charge in [0.15, 0.2) is 0 Å². The van der Waals surface area contributed by atoms with Gasteiger partial charge in [0.25, 0.3) is 0 Å². The van der Waals surface area contributed by atoms with Gasteiger partial charge in [-0.05, 0) is 19.3 Å². The highest BCUT2D eigenvalue weighted by molar-refractivity contribution is 5.79. The van der Waals surface area contributed by atoms with Gasteiger partial charge in [-0.15, -0.1) is 0 Å². The van der Waals surface area contributed by atoms with Crippen molar-refractivity contribution < 1.29 is 9.90 Å². The molecular formula is C10H20N2O2. The van der Waals surface area contributed by atoms with Crippen LogP contribution in [0.1, 0.15) is 20.3 Å². The van der Waals surface area contributed by atoms with Crippen LogP contribution in [-0.2, 0) is 4.79 Å². The molecule has 1 saturated heterocycles. The van der Waals surface area contributed by atoms with Crippen molar-refractivity contribution in [2.45, 2.75) is 26.4 Å². The Morgan fingerprint density at radius 3 is 2.64 bits per heavy atom. The first-order valence-corrected chi connectivity index (χ1v) is 5.26. The zero-order chi connectivity index (χ0) is 10.6. The first-order chi connectivity index (χ1) is 6.59. The minimum atomic E-state index is -0.285. The molecule has 14 heavy (non-hydrogen) atoms. The maximum Gasteiger partial charge on any atom is 0.225 e. The molecule has 2 unspecified atom stereocenters. The van der Waals surface area contributed by atoms with Crippen LogP contribution in [0.15, 0.2) is 0 Å². The Bertz CT molecular complexity index is 191. The molecule has 1 aliphatic heterocycles. The summed E-state index contributed by atoms with van der Waals surface area (Å²) in [5.41, 5.74) is 0. The number of amides is 1. The molecular weight excluding hydrogens is 180 g/mol. The van der Waals surface area contributed by atoms with E-state index in [1.165, 1.54) is 0 Å². The molecule has 0 bridgehead atoms. The molecule has 0 aromatic rings. The summed E-state index contributed by atoms with van der Waals surface area (Å²) in [7, 11) is 0. The smallest absolute Gasteiger partial charge is 0.225 e. The van der Waals surface area contributed by atoms with Gasteiger partial charge in [-0.2, -0.15) is 0 Å². The molecule has 4 nitrogen and oxygen atoms in total. The van der Waals surface area contributed by atoms with Crippen molar-refractivity contribution >= 4 is 5.91 Å². The average molecular weight is 200 g/mol. The highest BCUT2D eigenvalue weighted by Gasteiger charge is 2.24. The number of nitrogens with one attached hydrogen (secondary N) is 2. The summed E-state index contributed by atoms with van der Waals surface area (Å²) in [6.45, 7) is 6.08. The molecule has 1 fully saturated rings. The van der Waals surface area contributed by atoms with Crippen molar-refractivity contribution in [2.24, 2.45) is 11.8 Å². The average Bonchev–Trinajstić information content (AvgIpc) is 1.96. The van der Waals surface area contributed by atoms with E-state index < -0.39 is 0 Å². The van der Waals surface area contributed by atoms with Gasteiger partial charge in [0.2, 0.25) is 5.91 Å². The molecule has 0 aromatic carbocycles. The number of hydrogen-bond donors (Lipinski definition) is 3. The van der Waals surface area contributed by atoms with Crippen LogP contribution in [0.4, 0.5) is 0 Å². The van der Waals surface area contributed by atoms with Crippen LogP contribution in [0.3, 0.4) is 0 Å². The molecule has 1 aliphatic rings. The predicted octanol–water partition coefficient (Wildman–Crippen LogP) is -0.271. The van der Waals surface area contributed by atoms with Crippen molar-refractivity contribution in [2.75, 3.05) is 19.6 Å². The summed E-state index contributed by atoms with van der Waals surface area (Å²) < 4.78 is 0. The van der Waals surface area contributed by atoms with Gasteiger partial charge < -0.3 is 15.7 Å². The van der Waals surface area contributed by atoms with Crippen molar-refractivity contribution in [3.8, 4) is 0 Å². The normalized spacial score (nSPS) is 21.1. The van der Waals surface area contributed by atoms with Crippen LogP contribution in [0.5, 0.6) is 0 Å². The Balaban J connectivity index is 2.09. The fourth-order valence-corrected chi connectivity index (χ4v) is 1.56. The standard InChI is InChI=1S/C10H20N2O2/c1-7(3-8(2)13)4-12-10(14)9-5-11-6-9/h7-9,11,13H,3-6H2,1-2H3,(H,12,14). The highest BCUT2D eigenvalue weighted by atomic mass is 16.3. The van der Waals surface area contributed by atoms with Crippen LogP contribution in [-0.4, -0.2) is 36.8 Å². The minimum Gasteiger partial charge on any atom is -0.393 e. The third-order valence-corrected chi connectivity index (χ3v) is 2.52. The SMILES string of the molecule is CC(O)CC(C)CNC(=O)C1CNC1. The lowest BCUT2D eigenvalue weighted by molar-refractivity contribution is -0.126. The first-order valence-electron chi connectivity index (χ1n) is 5.26. The molecule has 3 N–H and O–H groups in total. The predicted molar refractivity (Wildman–Crippen MR) is 54.8 cm³/mol. The van der Waals surface area contributed by atoms with Gasteiger partial charge in [-0.1, -0.05) is 6.92 Å². The van der Waals surface area contributed by atoms with E-state index in [4.69, 9.17) is 5.11 Å². The van der Waals surface area contributed by atoms with Gasteiger partial charge in [0.1, 0.15) is 0 Å². The van der Waals surface area contributed by atoms with Gasteiger partial charge in [-0.25, -0.2) is 0 Å². The third-order valence-electron chi connectivity index (χ3n) is 2.52. The molecule has 82 valence electrons. The Labute approximate surface area is 85.1 Å². The van der Waals surface area contributed by atoms with E-state index in [2.05, 4.69) is 10.6 Å². The quantitative estimate of drug-likeness (QED) is 0.572. The fourth-order valence-electron chi connectivity index (χ4n) is 1.56.